The van der Waals surface area contributed by atoms with Crippen molar-refractivity contribution in [2.75, 3.05) is 27.3 Å². The molecule has 1 aromatic heterocycles. The molecule has 0 radical (unpaired) electrons. The Bertz CT molecular complexity index is 1190. The second-order valence-electron chi connectivity index (χ2n) is 10.6. The van der Waals surface area contributed by atoms with Crippen molar-refractivity contribution in [3.8, 4) is 11.3 Å². The monoisotopic (exact) mass is 515 g/mol. The standard InChI is InChI=1S/C28H36F3N5O/c1-28(2,3)25(36(27(37)34(4)5)14-13-21(32)16-29)26-33-24(22-15-20(30)11-12-23(22)31)18-35(26)17-19-9-7-6-8-10-19/h6-12,15,18,21,25H,13-14,16-17,32H2,1-5H3/t21-,25-/m0/s1. The number of urea groups is 1. The van der Waals surface area contributed by atoms with Crippen LogP contribution >= 0.6 is 0 Å². The SMILES string of the molecule is CN(C)C(=O)N(CC[C@H](N)CF)[C@@H](c1nc(-c2cc(F)ccc2F)cn1Cc1ccccc1)C(C)(C)C. The molecule has 0 fully saturated rings. The van der Waals surface area contributed by atoms with Crippen LogP contribution in [0.25, 0.3) is 11.3 Å². The van der Waals surface area contributed by atoms with Gasteiger partial charge in [-0.15, -0.1) is 0 Å². The second kappa shape index (κ2) is 11.8. The van der Waals surface area contributed by atoms with E-state index in [2.05, 4.69) is 0 Å². The minimum absolute atomic E-state index is 0.0330. The molecule has 1 heterocycles. The van der Waals surface area contributed by atoms with Crippen molar-refractivity contribution in [2.24, 2.45) is 11.1 Å². The predicted molar refractivity (Wildman–Crippen MR) is 140 cm³/mol. The summed E-state index contributed by atoms with van der Waals surface area (Å²) < 4.78 is 43.9. The van der Waals surface area contributed by atoms with E-state index in [9.17, 15) is 18.0 Å². The molecule has 37 heavy (non-hydrogen) atoms. The lowest BCUT2D eigenvalue weighted by Crippen LogP contribution is -2.48. The summed E-state index contributed by atoms with van der Waals surface area (Å²) in [5, 5.41) is 0. The zero-order chi connectivity index (χ0) is 27.3. The number of carbonyl (C=O) groups excluding carboxylic acids is 1. The van der Waals surface area contributed by atoms with Crippen LogP contribution < -0.4 is 5.73 Å². The molecule has 0 saturated heterocycles. The lowest BCUT2D eigenvalue weighted by molar-refractivity contribution is 0.0899. The van der Waals surface area contributed by atoms with E-state index >= 15 is 0 Å². The third kappa shape index (κ3) is 6.91. The van der Waals surface area contributed by atoms with E-state index in [0.29, 0.717) is 12.4 Å². The highest BCUT2D eigenvalue weighted by atomic mass is 19.1. The Kier molecular flexibility index (Phi) is 9.02. The van der Waals surface area contributed by atoms with E-state index in [0.717, 1.165) is 23.8 Å². The molecule has 0 unspecified atom stereocenters. The number of hydrogen-bond acceptors (Lipinski definition) is 3. The van der Waals surface area contributed by atoms with Gasteiger partial charge in [0.25, 0.3) is 0 Å². The van der Waals surface area contributed by atoms with Gasteiger partial charge < -0.3 is 20.1 Å². The fourth-order valence-electron chi connectivity index (χ4n) is 4.35. The van der Waals surface area contributed by atoms with Gasteiger partial charge in [-0.05, 0) is 35.6 Å². The number of nitrogens with two attached hydrogens (primary N) is 1. The molecule has 3 rings (SSSR count). The van der Waals surface area contributed by atoms with Gasteiger partial charge in [0.15, 0.2) is 0 Å². The molecule has 0 aliphatic heterocycles. The van der Waals surface area contributed by atoms with Gasteiger partial charge in [-0.3, -0.25) is 0 Å². The molecule has 0 spiro atoms. The average molecular weight is 516 g/mol. The summed E-state index contributed by atoms with van der Waals surface area (Å²) in [6.45, 7) is 5.84. The summed E-state index contributed by atoms with van der Waals surface area (Å²) in [7, 11) is 3.29. The molecule has 200 valence electrons. The maximum absolute atomic E-state index is 14.8. The summed E-state index contributed by atoms with van der Waals surface area (Å²) >= 11 is 0. The third-order valence-electron chi connectivity index (χ3n) is 6.15. The third-order valence-corrected chi connectivity index (χ3v) is 6.15. The van der Waals surface area contributed by atoms with Crippen LogP contribution in [0.4, 0.5) is 18.0 Å². The molecule has 2 atom stereocenters. The van der Waals surface area contributed by atoms with Crippen LogP contribution in [0, 0.1) is 17.0 Å². The number of imidazole rings is 1. The minimum Gasteiger partial charge on any atom is -0.331 e. The molecule has 0 aliphatic rings. The number of amides is 2. The first-order valence-corrected chi connectivity index (χ1v) is 12.3. The number of benzene rings is 2. The van der Waals surface area contributed by atoms with Crippen LogP contribution in [0.2, 0.25) is 0 Å². The van der Waals surface area contributed by atoms with Crippen LogP contribution in [0.15, 0.2) is 54.7 Å². The number of carbonyl (C=O) groups is 1. The van der Waals surface area contributed by atoms with Crippen molar-refractivity contribution >= 4 is 6.03 Å². The molecule has 9 heteroatoms. The first kappa shape index (κ1) is 28.2. The van der Waals surface area contributed by atoms with Crippen LogP contribution in [-0.4, -0.2) is 58.7 Å². The predicted octanol–water partition coefficient (Wildman–Crippen LogP) is 5.63. The lowest BCUT2D eigenvalue weighted by Gasteiger charge is -2.41. The highest BCUT2D eigenvalue weighted by Crippen LogP contribution is 2.40. The van der Waals surface area contributed by atoms with E-state index in [-0.39, 0.29) is 30.3 Å². The fourth-order valence-corrected chi connectivity index (χ4v) is 4.35. The molecular formula is C28H36F3N5O. The zero-order valence-electron chi connectivity index (χ0n) is 22.1. The molecule has 3 aromatic rings. The molecular weight excluding hydrogens is 479 g/mol. The van der Waals surface area contributed by atoms with Crippen molar-refractivity contribution in [2.45, 2.75) is 45.8 Å². The zero-order valence-corrected chi connectivity index (χ0v) is 22.1. The van der Waals surface area contributed by atoms with Crippen molar-refractivity contribution < 1.29 is 18.0 Å². The van der Waals surface area contributed by atoms with E-state index in [4.69, 9.17) is 10.7 Å². The van der Waals surface area contributed by atoms with Gasteiger partial charge in [0.05, 0.1) is 11.7 Å². The average Bonchev–Trinajstić information content (AvgIpc) is 3.24. The molecule has 2 N–H and O–H groups in total. The molecule has 2 amide bonds. The normalized spacial score (nSPS) is 13.3. The van der Waals surface area contributed by atoms with E-state index in [1.807, 2.05) is 55.7 Å². The van der Waals surface area contributed by atoms with Gasteiger partial charge in [-0.2, -0.15) is 0 Å². The molecule has 6 nitrogen and oxygen atoms in total. The summed E-state index contributed by atoms with van der Waals surface area (Å²) in [6, 6.07) is 11.3. The molecule has 0 aliphatic carbocycles. The number of halogens is 3. The molecule has 0 bridgehead atoms. The van der Waals surface area contributed by atoms with Gasteiger partial charge in [0.1, 0.15) is 24.1 Å². The minimum atomic E-state index is -0.709. The van der Waals surface area contributed by atoms with Gasteiger partial charge in [0, 0.05) is 45.0 Å². The van der Waals surface area contributed by atoms with Crippen molar-refractivity contribution in [1.82, 2.24) is 19.4 Å². The number of alkyl halides is 1. The number of nitrogens with zero attached hydrogens (tertiary/aromatic N) is 4. The van der Waals surface area contributed by atoms with Crippen molar-refractivity contribution in [1.29, 1.82) is 0 Å². The number of hydrogen-bond donors (Lipinski definition) is 1. The quantitative estimate of drug-likeness (QED) is 0.401. The largest absolute Gasteiger partial charge is 0.331 e. The van der Waals surface area contributed by atoms with Crippen LogP contribution in [0.1, 0.15) is 44.6 Å². The second-order valence-corrected chi connectivity index (χ2v) is 10.6. The van der Waals surface area contributed by atoms with Gasteiger partial charge in [-0.25, -0.2) is 22.9 Å². The Morgan fingerprint density at radius 3 is 2.38 bits per heavy atom. The van der Waals surface area contributed by atoms with E-state index in [1.54, 1.807) is 25.2 Å². The Balaban J connectivity index is 2.21. The first-order chi connectivity index (χ1) is 17.4. The van der Waals surface area contributed by atoms with Crippen molar-refractivity contribution in [3.05, 3.63) is 77.8 Å². The maximum Gasteiger partial charge on any atom is 0.320 e. The van der Waals surface area contributed by atoms with Gasteiger partial charge in [0.2, 0.25) is 0 Å². The highest BCUT2D eigenvalue weighted by molar-refractivity contribution is 5.74. The van der Waals surface area contributed by atoms with Crippen LogP contribution in [0.3, 0.4) is 0 Å². The maximum atomic E-state index is 14.8. The van der Waals surface area contributed by atoms with Gasteiger partial charge >= 0.3 is 6.03 Å². The Labute approximate surface area is 216 Å². The van der Waals surface area contributed by atoms with Crippen LogP contribution in [-0.2, 0) is 6.54 Å². The van der Waals surface area contributed by atoms with Crippen molar-refractivity contribution in [3.63, 3.8) is 0 Å². The Morgan fingerprint density at radius 2 is 1.78 bits per heavy atom. The summed E-state index contributed by atoms with van der Waals surface area (Å²) in [4.78, 5) is 21.3. The van der Waals surface area contributed by atoms with E-state index in [1.165, 1.54) is 4.90 Å². The summed E-state index contributed by atoms with van der Waals surface area (Å²) in [5.41, 5.74) is 6.61. The fraction of sp³-hybridized carbons (Fsp3) is 0.429. The van der Waals surface area contributed by atoms with Crippen LogP contribution in [0.5, 0.6) is 0 Å². The first-order valence-electron chi connectivity index (χ1n) is 12.3. The topological polar surface area (TPSA) is 67.4 Å². The highest BCUT2D eigenvalue weighted by Gasteiger charge is 2.39. The Morgan fingerprint density at radius 1 is 1.11 bits per heavy atom. The molecule has 2 aromatic carbocycles. The smallest absolute Gasteiger partial charge is 0.320 e. The molecule has 0 saturated carbocycles. The number of aromatic nitrogens is 2. The summed E-state index contributed by atoms with van der Waals surface area (Å²) in [5.74, 6) is -0.661. The van der Waals surface area contributed by atoms with Gasteiger partial charge in [-0.1, -0.05) is 51.1 Å². The Hall–Kier alpha value is -3.33. The number of rotatable bonds is 9. The summed E-state index contributed by atoms with van der Waals surface area (Å²) in [6.07, 6.45) is 1.94. The lowest BCUT2D eigenvalue weighted by atomic mass is 9.84. The van der Waals surface area contributed by atoms with E-state index < -0.39 is 35.8 Å².